The molecule has 22 heavy (non-hydrogen) atoms. The van der Waals surface area contributed by atoms with E-state index in [9.17, 15) is 5.11 Å². The van der Waals surface area contributed by atoms with Gasteiger partial charge in [-0.15, -0.1) is 0 Å². The third-order valence-electron chi connectivity index (χ3n) is 4.22. The van der Waals surface area contributed by atoms with Gasteiger partial charge >= 0.3 is 0 Å². The first-order chi connectivity index (χ1) is 10.1. The Bertz CT molecular complexity index is 476. The first-order valence-electron chi connectivity index (χ1n) is 8.55. The fourth-order valence-corrected chi connectivity index (χ4v) is 2.67. The van der Waals surface area contributed by atoms with Gasteiger partial charge in [-0.25, -0.2) is 0 Å². The molecule has 0 bridgehead atoms. The summed E-state index contributed by atoms with van der Waals surface area (Å²) in [7, 11) is 0. The zero-order chi connectivity index (χ0) is 17.0. The van der Waals surface area contributed by atoms with Gasteiger partial charge in [-0.3, -0.25) is 0 Å². The van der Waals surface area contributed by atoms with E-state index in [1.165, 1.54) is 5.56 Å². The van der Waals surface area contributed by atoms with Crippen molar-refractivity contribution in [2.24, 2.45) is 0 Å². The molecule has 0 aliphatic heterocycles. The molecule has 0 spiro atoms. The molecule has 2 heteroatoms. The zero-order valence-electron chi connectivity index (χ0n) is 15.3. The Balaban J connectivity index is 3.04. The maximum Gasteiger partial charge on any atom is 0.122 e. The number of benzene rings is 1. The predicted octanol–water partition coefficient (Wildman–Crippen LogP) is 5.08. The van der Waals surface area contributed by atoms with Gasteiger partial charge in [0.15, 0.2) is 0 Å². The Morgan fingerprint density at radius 2 is 1.41 bits per heavy atom. The molecule has 0 atom stereocenters. The van der Waals surface area contributed by atoms with Gasteiger partial charge in [-0.1, -0.05) is 66.5 Å². The van der Waals surface area contributed by atoms with Crippen molar-refractivity contribution in [1.29, 1.82) is 0 Å². The van der Waals surface area contributed by atoms with Crippen LogP contribution in [-0.2, 0) is 17.3 Å². The number of phenolic OH excluding ortho intramolecular Hbond substituents is 1. The van der Waals surface area contributed by atoms with Crippen LogP contribution >= 0.6 is 0 Å². The Morgan fingerprint density at radius 3 is 1.91 bits per heavy atom. The van der Waals surface area contributed by atoms with Gasteiger partial charge in [-0.05, 0) is 46.8 Å². The Labute approximate surface area is 136 Å². The molecule has 2 N–H and O–H groups in total. The molecule has 126 valence electrons. The minimum atomic E-state index is -0.0585. The van der Waals surface area contributed by atoms with E-state index in [2.05, 4.69) is 53.7 Å². The lowest BCUT2D eigenvalue weighted by Gasteiger charge is -2.27. The summed E-state index contributed by atoms with van der Waals surface area (Å²) in [4.78, 5) is 0. The Morgan fingerprint density at radius 1 is 0.818 bits per heavy atom. The van der Waals surface area contributed by atoms with E-state index in [-0.39, 0.29) is 17.4 Å². The monoisotopic (exact) mass is 306 g/mol. The molecular weight excluding hydrogens is 272 g/mol. The number of aliphatic hydroxyl groups excluding tert-OH is 1. The molecule has 1 rings (SSSR count). The molecule has 0 amide bonds. The highest BCUT2D eigenvalue weighted by Crippen LogP contribution is 2.38. The van der Waals surface area contributed by atoms with E-state index in [0.717, 1.165) is 43.2 Å². The minimum Gasteiger partial charge on any atom is -0.507 e. The van der Waals surface area contributed by atoms with Crippen LogP contribution in [0.3, 0.4) is 0 Å². The third-order valence-corrected chi connectivity index (χ3v) is 4.22. The first kappa shape index (κ1) is 19.0. The van der Waals surface area contributed by atoms with Gasteiger partial charge in [0.05, 0.1) is 0 Å². The van der Waals surface area contributed by atoms with Crippen LogP contribution in [0.15, 0.2) is 12.1 Å². The van der Waals surface area contributed by atoms with Crippen molar-refractivity contribution in [2.45, 2.75) is 84.5 Å². The molecule has 1 aromatic carbocycles. The number of unbranched alkanes of at least 4 members (excludes halogenated alkanes) is 3. The van der Waals surface area contributed by atoms with Gasteiger partial charge in [-0.2, -0.15) is 0 Å². The second-order valence-corrected chi connectivity index (χ2v) is 8.42. The van der Waals surface area contributed by atoms with E-state index >= 15 is 0 Å². The first-order valence-corrected chi connectivity index (χ1v) is 8.55. The quantitative estimate of drug-likeness (QED) is 0.719. The van der Waals surface area contributed by atoms with Crippen LogP contribution < -0.4 is 0 Å². The Hall–Kier alpha value is -1.02. The number of aliphatic hydroxyl groups is 1. The van der Waals surface area contributed by atoms with Crippen molar-refractivity contribution in [3.8, 4) is 5.75 Å². The van der Waals surface area contributed by atoms with Gasteiger partial charge in [0.1, 0.15) is 5.75 Å². The van der Waals surface area contributed by atoms with Gasteiger partial charge in [0.25, 0.3) is 0 Å². The van der Waals surface area contributed by atoms with Crippen LogP contribution in [0.1, 0.15) is 83.9 Å². The second kappa shape index (κ2) is 7.50. The maximum absolute atomic E-state index is 10.7. The summed E-state index contributed by atoms with van der Waals surface area (Å²) in [6.07, 6.45) is 5.00. The fourth-order valence-electron chi connectivity index (χ4n) is 2.67. The average molecular weight is 306 g/mol. The number of phenols is 1. The van der Waals surface area contributed by atoms with Crippen LogP contribution in [0.5, 0.6) is 5.75 Å². The Kier molecular flexibility index (Phi) is 6.49. The predicted molar refractivity (Wildman–Crippen MR) is 94.8 cm³/mol. The number of rotatable bonds is 6. The number of hydrogen-bond acceptors (Lipinski definition) is 2. The molecule has 2 nitrogen and oxygen atoms in total. The van der Waals surface area contributed by atoms with Crippen LogP contribution in [0.2, 0.25) is 0 Å². The normalized spacial score (nSPS) is 12.7. The highest BCUT2D eigenvalue weighted by atomic mass is 16.3. The third kappa shape index (κ3) is 5.31. The summed E-state index contributed by atoms with van der Waals surface area (Å²) in [5.74, 6) is 0.475. The van der Waals surface area contributed by atoms with Crippen molar-refractivity contribution in [3.63, 3.8) is 0 Å². The number of aromatic hydroxyl groups is 1. The van der Waals surface area contributed by atoms with Gasteiger partial charge in [0.2, 0.25) is 0 Å². The highest BCUT2D eigenvalue weighted by molar-refractivity contribution is 5.48. The molecule has 0 aliphatic carbocycles. The molecule has 0 aliphatic rings. The van der Waals surface area contributed by atoms with Crippen molar-refractivity contribution in [1.82, 2.24) is 0 Å². The maximum atomic E-state index is 10.7. The lowest BCUT2D eigenvalue weighted by Crippen LogP contribution is -2.17. The van der Waals surface area contributed by atoms with Crippen LogP contribution in [-0.4, -0.2) is 16.8 Å². The van der Waals surface area contributed by atoms with Crippen LogP contribution in [0, 0.1) is 0 Å². The van der Waals surface area contributed by atoms with Crippen LogP contribution in [0.25, 0.3) is 0 Å². The van der Waals surface area contributed by atoms with E-state index in [4.69, 9.17) is 5.11 Å². The van der Waals surface area contributed by atoms with Crippen molar-refractivity contribution < 1.29 is 10.2 Å². The number of aryl methyl sites for hydroxylation is 1. The zero-order valence-corrected chi connectivity index (χ0v) is 15.3. The molecule has 0 saturated carbocycles. The summed E-state index contributed by atoms with van der Waals surface area (Å²) >= 11 is 0. The van der Waals surface area contributed by atoms with E-state index in [1.807, 2.05) is 0 Å². The van der Waals surface area contributed by atoms with Gasteiger partial charge < -0.3 is 10.2 Å². The molecule has 0 fully saturated rings. The molecule has 0 unspecified atom stereocenters. The smallest absolute Gasteiger partial charge is 0.122 e. The molecule has 0 saturated heterocycles. The molecule has 0 aromatic heterocycles. The highest BCUT2D eigenvalue weighted by Gasteiger charge is 2.24. The van der Waals surface area contributed by atoms with E-state index in [0.29, 0.717) is 5.75 Å². The van der Waals surface area contributed by atoms with Crippen molar-refractivity contribution >= 4 is 0 Å². The summed E-state index contributed by atoms with van der Waals surface area (Å²) in [6, 6.07) is 4.35. The summed E-state index contributed by atoms with van der Waals surface area (Å²) in [5.41, 5.74) is 3.43. The second-order valence-electron chi connectivity index (χ2n) is 8.42. The molecular formula is C20H34O2. The van der Waals surface area contributed by atoms with Crippen molar-refractivity contribution in [2.75, 3.05) is 6.61 Å². The molecule has 0 heterocycles. The lowest BCUT2D eigenvalue weighted by atomic mass is 9.78. The number of hydrogen-bond donors (Lipinski definition) is 2. The van der Waals surface area contributed by atoms with Gasteiger partial charge in [0, 0.05) is 6.61 Å². The van der Waals surface area contributed by atoms with Crippen molar-refractivity contribution in [3.05, 3.63) is 28.8 Å². The SMILES string of the molecule is CC(C)(C)c1cc(CCCCCCO)c(O)c(C(C)(C)C)c1. The van der Waals surface area contributed by atoms with Crippen LogP contribution in [0.4, 0.5) is 0 Å². The largest absolute Gasteiger partial charge is 0.507 e. The summed E-state index contributed by atoms with van der Waals surface area (Å²) < 4.78 is 0. The topological polar surface area (TPSA) is 40.5 Å². The average Bonchev–Trinajstić information content (AvgIpc) is 2.37. The fraction of sp³-hybridized carbons (Fsp3) is 0.700. The molecule has 1 aromatic rings. The standard InChI is InChI=1S/C20H34O2/c1-19(2,3)16-13-15(11-9-7-8-10-12-21)18(22)17(14-16)20(4,5)6/h13-14,21-22H,7-12H2,1-6H3. The van der Waals surface area contributed by atoms with E-state index < -0.39 is 0 Å². The molecule has 0 radical (unpaired) electrons. The minimum absolute atomic E-state index is 0.0585. The summed E-state index contributed by atoms with van der Waals surface area (Å²) in [6.45, 7) is 13.4. The van der Waals surface area contributed by atoms with E-state index in [1.54, 1.807) is 0 Å². The lowest BCUT2D eigenvalue weighted by molar-refractivity contribution is 0.282. The summed E-state index contributed by atoms with van der Waals surface area (Å²) in [5, 5.41) is 19.5.